The van der Waals surface area contributed by atoms with Gasteiger partial charge in [0.25, 0.3) is 5.91 Å². The van der Waals surface area contributed by atoms with Crippen LogP contribution in [-0.2, 0) is 20.8 Å². The Bertz CT molecular complexity index is 1010. The summed E-state index contributed by atoms with van der Waals surface area (Å²) >= 11 is 0. The van der Waals surface area contributed by atoms with Gasteiger partial charge in [-0.05, 0) is 109 Å². The number of phenols is 1. The summed E-state index contributed by atoms with van der Waals surface area (Å²) in [6, 6.07) is -0.709. The van der Waals surface area contributed by atoms with E-state index in [0.29, 0.717) is 38.1 Å². The van der Waals surface area contributed by atoms with E-state index in [4.69, 9.17) is 10.5 Å². The summed E-state index contributed by atoms with van der Waals surface area (Å²) < 4.78 is 6.21. The Balaban J connectivity index is 1.63. The number of rotatable bonds is 17. The fraction of sp³-hybridized carbons (Fsp3) is 0.700. The summed E-state index contributed by atoms with van der Waals surface area (Å²) in [5.41, 5.74) is 7.63. The topological polar surface area (TPSA) is 155 Å². The smallest absolute Gasteiger partial charge is 0.264 e. The Labute approximate surface area is 239 Å². The first kappa shape index (κ1) is 33.4. The molecule has 2 atom stereocenters. The molecular weight excluding hydrogens is 510 g/mol. The molecule has 7 N–H and O–H groups in total. The molecule has 0 saturated carbocycles. The number of amides is 3. The van der Waals surface area contributed by atoms with Crippen LogP contribution in [0.4, 0.5) is 0 Å². The predicted molar refractivity (Wildman–Crippen MR) is 158 cm³/mol. The molecule has 1 aromatic carbocycles. The molecule has 1 heterocycles. The van der Waals surface area contributed by atoms with Gasteiger partial charge in [-0.3, -0.25) is 14.4 Å². The van der Waals surface area contributed by atoms with E-state index in [9.17, 15) is 19.5 Å². The fourth-order valence-corrected chi connectivity index (χ4v) is 4.82. The Morgan fingerprint density at radius 3 is 2.33 bits per heavy atom. The van der Waals surface area contributed by atoms with Gasteiger partial charge >= 0.3 is 0 Å². The monoisotopic (exact) mass is 561 g/mol. The molecule has 226 valence electrons. The van der Waals surface area contributed by atoms with E-state index in [1.165, 1.54) is 0 Å². The number of ether oxygens (including phenoxy) is 1. The van der Waals surface area contributed by atoms with Crippen molar-refractivity contribution in [1.29, 1.82) is 0 Å². The number of hydrogen-bond donors (Lipinski definition) is 6. The van der Waals surface area contributed by atoms with Crippen LogP contribution in [0.25, 0.3) is 0 Å². The number of carbonyl (C=O) groups excluding carboxylic acids is 3. The van der Waals surface area contributed by atoms with E-state index < -0.39 is 11.6 Å². The van der Waals surface area contributed by atoms with Crippen molar-refractivity contribution in [3.8, 4) is 11.5 Å². The van der Waals surface area contributed by atoms with Crippen LogP contribution in [-0.4, -0.2) is 67.2 Å². The number of aromatic hydroxyl groups is 1. The summed E-state index contributed by atoms with van der Waals surface area (Å²) in [5.74, 6) is 0.387. The second-order valence-electron chi connectivity index (χ2n) is 11.1. The van der Waals surface area contributed by atoms with Gasteiger partial charge < -0.3 is 36.8 Å². The minimum atomic E-state index is -1.11. The van der Waals surface area contributed by atoms with E-state index in [-0.39, 0.29) is 23.5 Å². The van der Waals surface area contributed by atoms with Gasteiger partial charge in [0.2, 0.25) is 11.8 Å². The van der Waals surface area contributed by atoms with Crippen molar-refractivity contribution in [2.45, 2.75) is 104 Å². The lowest BCUT2D eigenvalue weighted by molar-refractivity contribution is -0.139. The first-order chi connectivity index (χ1) is 19.0. The molecule has 10 heteroatoms. The number of hydrogen-bond acceptors (Lipinski definition) is 7. The maximum Gasteiger partial charge on any atom is 0.264 e. The third-order valence-electron chi connectivity index (χ3n) is 7.78. The number of phenolic OH excluding ortho intramolecular Hbond substituents is 1. The second-order valence-corrected chi connectivity index (χ2v) is 11.1. The summed E-state index contributed by atoms with van der Waals surface area (Å²) in [6.07, 6.45) is 6.88. The fourth-order valence-electron chi connectivity index (χ4n) is 4.82. The van der Waals surface area contributed by atoms with Crippen molar-refractivity contribution < 1.29 is 24.2 Å². The minimum Gasteiger partial charge on any atom is -0.507 e. The highest BCUT2D eigenvalue weighted by Gasteiger charge is 2.41. The number of fused-ring (bicyclic) bond motifs is 1. The van der Waals surface area contributed by atoms with Crippen molar-refractivity contribution in [3.63, 3.8) is 0 Å². The molecule has 1 aliphatic rings. The molecule has 40 heavy (non-hydrogen) atoms. The first-order valence-corrected chi connectivity index (χ1v) is 14.8. The van der Waals surface area contributed by atoms with Gasteiger partial charge in [0.1, 0.15) is 17.5 Å². The van der Waals surface area contributed by atoms with Gasteiger partial charge in [-0.25, -0.2) is 0 Å². The van der Waals surface area contributed by atoms with E-state index in [1.54, 1.807) is 13.8 Å². The van der Waals surface area contributed by atoms with Crippen LogP contribution in [0.15, 0.2) is 0 Å². The normalized spacial score (nSPS) is 16.9. The number of unbranched alkanes of at least 4 members (excludes halogenated alkanes) is 3. The molecule has 2 unspecified atom stereocenters. The number of carbonyl (C=O) groups is 3. The van der Waals surface area contributed by atoms with Crippen LogP contribution >= 0.6 is 0 Å². The van der Waals surface area contributed by atoms with Crippen LogP contribution in [0.5, 0.6) is 11.5 Å². The molecule has 0 saturated heterocycles. The highest BCUT2D eigenvalue weighted by Crippen LogP contribution is 2.43. The lowest BCUT2D eigenvalue weighted by Crippen LogP contribution is -2.56. The van der Waals surface area contributed by atoms with Crippen molar-refractivity contribution in [2.75, 3.05) is 32.7 Å². The Kier molecular flexibility index (Phi) is 13.7. The maximum absolute atomic E-state index is 13.1. The zero-order chi connectivity index (χ0) is 29.7. The van der Waals surface area contributed by atoms with Crippen LogP contribution in [0.2, 0.25) is 0 Å². The summed E-state index contributed by atoms with van der Waals surface area (Å²) in [5, 5.41) is 22.3. The molecule has 0 fully saturated rings. The predicted octanol–water partition coefficient (Wildman–Crippen LogP) is 2.42. The quantitative estimate of drug-likeness (QED) is 0.160. The Morgan fingerprint density at radius 2 is 1.60 bits per heavy atom. The van der Waals surface area contributed by atoms with E-state index in [1.807, 2.05) is 20.8 Å². The zero-order valence-electron chi connectivity index (χ0n) is 25.1. The average Bonchev–Trinajstić information content (AvgIpc) is 2.93. The zero-order valence-corrected chi connectivity index (χ0v) is 25.1. The van der Waals surface area contributed by atoms with Crippen LogP contribution < -0.4 is 31.7 Å². The molecule has 2 rings (SSSR count). The SMILES string of the molecule is Cc1c(C)c2c(c(C)c1O)CCC(C)(C(=O)NC(C)C(=O)NCCCCCC(=O)NCCCNCCCCN)O2. The standard InChI is InChI=1S/C30H51N5O5/c1-20-21(2)27-24(22(3)26(20)37)13-14-30(5,40-27)29(39)35-23(4)28(38)34-18-9-6-7-12-25(36)33-19-11-17-32-16-10-8-15-31/h23,32,37H,6-19,31H2,1-5H3,(H,33,36)(H,34,38)(H,35,39). The maximum atomic E-state index is 13.1. The molecule has 0 radical (unpaired) electrons. The van der Waals surface area contributed by atoms with Crippen LogP contribution in [0.1, 0.15) is 87.5 Å². The summed E-state index contributed by atoms with van der Waals surface area (Å²) in [4.78, 5) is 37.7. The molecule has 0 aromatic heterocycles. The van der Waals surface area contributed by atoms with Crippen LogP contribution in [0, 0.1) is 20.8 Å². The third kappa shape index (κ3) is 9.66. The lowest BCUT2D eigenvalue weighted by Gasteiger charge is -2.37. The molecule has 1 aromatic rings. The summed E-state index contributed by atoms with van der Waals surface area (Å²) in [6.45, 7) is 12.7. The van der Waals surface area contributed by atoms with E-state index >= 15 is 0 Å². The highest BCUT2D eigenvalue weighted by atomic mass is 16.5. The molecule has 1 aliphatic heterocycles. The first-order valence-electron chi connectivity index (χ1n) is 14.8. The summed E-state index contributed by atoms with van der Waals surface area (Å²) in [7, 11) is 0. The van der Waals surface area contributed by atoms with Crippen molar-refractivity contribution in [2.24, 2.45) is 5.73 Å². The molecular formula is C30H51N5O5. The van der Waals surface area contributed by atoms with Crippen molar-refractivity contribution in [3.05, 3.63) is 22.3 Å². The van der Waals surface area contributed by atoms with Gasteiger partial charge in [0.15, 0.2) is 5.60 Å². The highest BCUT2D eigenvalue weighted by molar-refractivity contribution is 5.91. The van der Waals surface area contributed by atoms with Gasteiger partial charge in [0, 0.05) is 31.5 Å². The van der Waals surface area contributed by atoms with E-state index in [0.717, 1.165) is 80.4 Å². The number of nitrogens with two attached hydrogens (primary N) is 1. The van der Waals surface area contributed by atoms with Gasteiger partial charge in [0.05, 0.1) is 0 Å². The molecule has 0 aliphatic carbocycles. The van der Waals surface area contributed by atoms with Crippen molar-refractivity contribution in [1.82, 2.24) is 21.3 Å². The van der Waals surface area contributed by atoms with E-state index in [2.05, 4.69) is 21.3 Å². The van der Waals surface area contributed by atoms with Gasteiger partial charge in [-0.1, -0.05) is 6.42 Å². The largest absolute Gasteiger partial charge is 0.507 e. The number of benzene rings is 1. The Morgan fingerprint density at radius 1 is 0.925 bits per heavy atom. The lowest BCUT2D eigenvalue weighted by atomic mass is 9.86. The molecule has 0 bridgehead atoms. The van der Waals surface area contributed by atoms with Crippen molar-refractivity contribution >= 4 is 17.7 Å². The van der Waals surface area contributed by atoms with Gasteiger partial charge in [-0.15, -0.1) is 0 Å². The minimum absolute atomic E-state index is 0.0573. The molecule has 10 nitrogen and oxygen atoms in total. The second kappa shape index (κ2) is 16.4. The van der Waals surface area contributed by atoms with Gasteiger partial charge in [-0.2, -0.15) is 0 Å². The van der Waals surface area contributed by atoms with Crippen LogP contribution in [0.3, 0.4) is 0 Å². The average molecular weight is 562 g/mol. The Hall–Kier alpha value is -2.85. The molecule has 3 amide bonds. The third-order valence-corrected chi connectivity index (χ3v) is 7.78. The number of nitrogens with one attached hydrogen (secondary N) is 4. The molecule has 0 spiro atoms.